The third-order valence-electron chi connectivity index (χ3n) is 2.20. The monoisotopic (exact) mass is 236 g/mol. The number of H-pyrrole nitrogens is 1. The maximum atomic E-state index is 11.8. The van der Waals surface area contributed by atoms with Crippen LogP contribution in [0, 0.1) is 6.92 Å². The number of carbonyl (C=O) groups is 1. The summed E-state index contributed by atoms with van der Waals surface area (Å²) in [6, 6.07) is 0. The lowest BCUT2D eigenvalue weighted by atomic mass is 10.1. The minimum Gasteiger partial charge on any atom is -0.462 e. The molecule has 0 amide bonds. The van der Waals surface area contributed by atoms with Gasteiger partial charge in [-0.15, -0.1) is 11.3 Å². The molecule has 84 valence electrons. The van der Waals surface area contributed by atoms with Crippen molar-refractivity contribution in [3.05, 3.63) is 28.9 Å². The summed E-state index contributed by atoms with van der Waals surface area (Å²) >= 11 is 1.49. The normalized spacial score (nSPS) is 10.4. The summed E-state index contributed by atoms with van der Waals surface area (Å²) in [6.45, 7) is 4.05. The van der Waals surface area contributed by atoms with Gasteiger partial charge in [-0.3, -0.25) is 0 Å². The van der Waals surface area contributed by atoms with Crippen molar-refractivity contribution in [2.45, 2.75) is 13.8 Å². The van der Waals surface area contributed by atoms with Gasteiger partial charge in [0.05, 0.1) is 17.9 Å². The van der Waals surface area contributed by atoms with Crippen molar-refractivity contribution in [3.8, 4) is 10.7 Å². The van der Waals surface area contributed by atoms with E-state index in [0.717, 1.165) is 16.3 Å². The van der Waals surface area contributed by atoms with E-state index in [1.165, 1.54) is 11.3 Å². The summed E-state index contributed by atoms with van der Waals surface area (Å²) in [7, 11) is 0. The molecule has 0 atom stereocenters. The van der Waals surface area contributed by atoms with Crippen molar-refractivity contribution in [2.24, 2.45) is 0 Å². The molecule has 0 bridgehead atoms. The van der Waals surface area contributed by atoms with E-state index < -0.39 is 0 Å². The molecule has 0 aliphatic carbocycles. The van der Waals surface area contributed by atoms with Gasteiger partial charge in [0.15, 0.2) is 0 Å². The highest BCUT2D eigenvalue weighted by Crippen LogP contribution is 2.27. The van der Waals surface area contributed by atoms with Crippen LogP contribution in [0.15, 0.2) is 17.8 Å². The maximum absolute atomic E-state index is 11.8. The van der Waals surface area contributed by atoms with Gasteiger partial charge in [0, 0.05) is 17.8 Å². The molecule has 5 heteroatoms. The molecular weight excluding hydrogens is 224 g/mol. The van der Waals surface area contributed by atoms with Gasteiger partial charge in [-0.05, 0) is 19.4 Å². The van der Waals surface area contributed by atoms with Gasteiger partial charge >= 0.3 is 5.97 Å². The van der Waals surface area contributed by atoms with E-state index in [9.17, 15) is 4.79 Å². The fraction of sp³-hybridized carbons (Fsp3) is 0.273. The second-order valence-electron chi connectivity index (χ2n) is 3.28. The van der Waals surface area contributed by atoms with Crippen molar-refractivity contribution in [3.63, 3.8) is 0 Å². The first-order chi connectivity index (χ1) is 7.74. The second-order valence-corrected chi connectivity index (χ2v) is 4.17. The zero-order valence-corrected chi connectivity index (χ0v) is 9.93. The first-order valence-electron chi connectivity index (χ1n) is 4.99. The Morgan fingerprint density at radius 2 is 2.44 bits per heavy atom. The number of thiazole rings is 1. The lowest BCUT2D eigenvalue weighted by Gasteiger charge is -2.02. The molecule has 0 aliphatic rings. The summed E-state index contributed by atoms with van der Waals surface area (Å²) < 4.78 is 5.02. The van der Waals surface area contributed by atoms with E-state index in [4.69, 9.17) is 4.74 Å². The van der Waals surface area contributed by atoms with Crippen LogP contribution in [0.5, 0.6) is 0 Å². The zero-order chi connectivity index (χ0) is 11.5. The number of aromatic amines is 1. The molecule has 0 aliphatic heterocycles. The Morgan fingerprint density at radius 1 is 1.62 bits per heavy atom. The van der Waals surface area contributed by atoms with E-state index in [1.807, 2.05) is 12.3 Å². The number of aromatic nitrogens is 2. The molecule has 0 spiro atoms. The fourth-order valence-corrected chi connectivity index (χ4v) is 2.15. The van der Waals surface area contributed by atoms with Crippen LogP contribution in [0.1, 0.15) is 22.8 Å². The average Bonchev–Trinajstić information content (AvgIpc) is 2.86. The van der Waals surface area contributed by atoms with Crippen molar-refractivity contribution in [1.82, 2.24) is 9.97 Å². The van der Waals surface area contributed by atoms with Crippen LogP contribution in [-0.2, 0) is 4.74 Å². The van der Waals surface area contributed by atoms with Crippen LogP contribution in [-0.4, -0.2) is 22.5 Å². The summed E-state index contributed by atoms with van der Waals surface area (Å²) in [5.41, 5.74) is 2.20. The minimum atomic E-state index is -0.300. The number of rotatable bonds is 3. The lowest BCUT2D eigenvalue weighted by molar-refractivity contribution is 0.0527. The van der Waals surface area contributed by atoms with Crippen LogP contribution in [0.4, 0.5) is 0 Å². The largest absolute Gasteiger partial charge is 0.462 e. The molecule has 2 heterocycles. The highest BCUT2D eigenvalue weighted by Gasteiger charge is 2.19. The van der Waals surface area contributed by atoms with Crippen LogP contribution in [0.25, 0.3) is 10.7 Å². The van der Waals surface area contributed by atoms with Crippen LogP contribution >= 0.6 is 11.3 Å². The number of esters is 1. The summed E-state index contributed by atoms with van der Waals surface area (Å²) in [6.07, 6.45) is 3.51. The number of carbonyl (C=O) groups excluding carboxylic acids is 1. The van der Waals surface area contributed by atoms with Gasteiger partial charge in [0.2, 0.25) is 0 Å². The first kappa shape index (κ1) is 10.9. The molecule has 2 rings (SSSR count). The predicted molar refractivity (Wildman–Crippen MR) is 62.6 cm³/mol. The van der Waals surface area contributed by atoms with Crippen molar-refractivity contribution in [2.75, 3.05) is 6.61 Å². The number of hydrogen-bond donors (Lipinski definition) is 1. The molecule has 16 heavy (non-hydrogen) atoms. The molecule has 0 radical (unpaired) electrons. The molecule has 2 aromatic heterocycles. The van der Waals surface area contributed by atoms with Gasteiger partial charge in [0.1, 0.15) is 5.01 Å². The molecule has 0 saturated heterocycles. The number of hydrogen-bond acceptors (Lipinski definition) is 4. The molecule has 0 aromatic carbocycles. The van der Waals surface area contributed by atoms with Gasteiger partial charge < -0.3 is 9.72 Å². The predicted octanol–water partition coefficient (Wildman–Crippen LogP) is 2.62. The smallest absolute Gasteiger partial charge is 0.340 e. The molecule has 2 aromatic rings. The fourth-order valence-electron chi connectivity index (χ4n) is 1.50. The Morgan fingerprint density at radius 3 is 3.06 bits per heavy atom. The van der Waals surface area contributed by atoms with E-state index in [2.05, 4.69) is 9.97 Å². The lowest BCUT2D eigenvalue weighted by Crippen LogP contribution is -2.06. The molecule has 0 unspecified atom stereocenters. The van der Waals surface area contributed by atoms with Gasteiger partial charge in [-0.1, -0.05) is 0 Å². The third kappa shape index (κ3) is 1.86. The Hall–Kier alpha value is -1.62. The topological polar surface area (TPSA) is 55.0 Å². The van der Waals surface area contributed by atoms with E-state index in [1.54, 1.807) is 19.3 Å². The number of ether oxygens (including phenoxy) is 1. The molecule has 1 N–H and O–H groups in total. The van der Waals surface area contributed by atoms with Gasteiger partial charge in [-0.2, -0.15) is 0 Å². The van der Waals surface area contributed by atoms with Crippen molar-refractivity contribution < 1.29 is 9.53 Å². The van der Waals surface area contributed by atoms with E-state index >= 15 is 0 Å². The number of nitrogens with zero attached hydrogens (tertiary/aromatic N) is 1. The minimum absolute atomic E-state index is 0.300. The van der Waals surface area contributed by atoms with E-state index in [-0.39, 0.29) is 5.97 Å². The van der Waals surface area contributed by atoms with E-state index in [0.29, 0.717) is 12.2 Å². The van der Waals surface area contributed by atoms with Crippen LogP contribution in [0.3, 0.4) is 0 Å². The van der Waals surface area contributed by atoms with Crippen LogP contribution in [0.2, 0.25) is 0 Å². The highest BCUT2D eigenvalue weighted by atomic mass is 32.1. The number of aryl methyl sites for hydroxylation is 1. The summed E-state index contributed by atoms with van der Waals surface area (Å²) in [5.74, 6) is -0.300. The third-order valence-corrected chi connectivity index (χ3v) is 2.99. The Kier molecular flexibility index (Phi) is 3.05. The molecular formula is C11H12N2O2S. The van der Waals surface area contributed by atoms with Crippen molar-refractivity contribution >= 4 is 17.3 Å². The number of nitrogens with one attached hydrogen (secondary N) is 1. The molecule has 4 nitrogen and oxygen atoms in total. The van der Waals surface area contributed by atoms with Gasteiger partial charge in [0.25, 0.3) is 0 Å². The molecule has 0 fully saturated rings. The van der Waals surface area contributed by atoms with Gasteiger partial charge in [-0.25, -0.2) is 9.78 Å². The summed E-state index contributed by atoms with van der Waals surface area (Å²) in [5, 5.41) is 2.68. The Balaban J connectivity index is 2.44. The first-order valence-corrected chi connectivity index (χ1v) is 5.87. The second kappa shape index (κ2) is 4.49. The SMILES string of the molecule is CCOC(=O)c1c(C)c[nH]c1-c1nccs1. The quantitative estimate of drug-likeness (QED) is 0.833. The zero-order valence-electron chi connectivity index (χ0n) is 9.11. The maximum Gasteiger partial charge on any atom is 0.340 e. The highest BCUT2D eigenvalue weighted by molar-refractivity contribution is 7.13. The standard InChI is InChI=1S/C11H12N2O2S/c1-3-15-11(14)8-7(2)6-13-9(8)10-12-4-5-16-10/h4-6,13H,3H2,1-2H3. The molecule has 0 saturated carbocycles. The average molecular weight is 236 g/mol. The van der Waals surface area contributed by atoms with Crippen LogP contribution < -0.4 is 0 Å². The summed E-state index contributed by atoms with van der Waals surface area (Å²) in [4.78, 5) is 19.0. The Labute approximate surface area is 97.3 Å². The van der Waals surface area contributed by atoms with Crippen molar-refractivity contribution in [1.29, 1.82) is 0 Å². The Bertz CT molecular complexity index is 488.